The van der Waals surface area contributed by atoms with E-state index in [0.717, 1.165) is 0 Å². The molecule has 6 radical (unpaired) electrons. The molecule has 44 heavy (non-hydrogen) atoms. The summed E-state index contributed by atoms with van der Waals surface area (Å²) in [6, 6.07) is -1.29. The second kappa shape index (κ2) is 14.8. The minimum absolute atomic E-state index is 0.0443. The topological polar surface area (TPSA) is 120 Å². The van der Waals surface area contributed by atoms with Crippen molar-refractivity contribution in [2.45, 2.75) is 104 Å². The summed E-state index contributed by atoms with van der Waals surface area (Å²) in [5, 5.41) is 0. The van der Waals surface area contributed by atoms with Crippen LogP contribution in [0.1, 0.15) is 13.8 Å². The second-order valence-corrected chi connectivity index (χ2v) is 11.9. The molecule has 0 aromatic carbocycles. The van der Waals surface area contributed by atoms with E-state index >= 15 is 0 Å². The largest absolute Gasteiger partial charge is 0.382 e. The van der Waals surface area contributed by atoms with Gasteiger partial charge in [-0.25, -0.2) is 0 Å². The Kier molecular flexibility index (Phi) is 12.3. The van der Waals surface area contributed by atoms with Gasteiger partial charge in [0.2, 0.25) is 0 Å². The first-order chi connectivity index (χ1) is 21.0. The van der Waals surface area contributed by atoms with Crippen LogP contribution in [0.25, 0.3) is 0 Å². The highest BCUT2D eigenvalue weighted by Crippen LogP contribution is 2.46. The van der Waals surface area contributed by atoms with Crippen LogP contribution < -0.4 is 0 Å². The zero-order valence-corrected chi connectivity index (χ0v) is 27.3. The van der Waals surface area contributed by atoms with E-state index in [4.69, 9.17) is 85.1 Å². The Morgan fingerprint density at radius 3 is 1.73 bits per heavy atom. The van der Waals surface area contributed by atoms with Crippen LogP contribution in [0.4, 0.5) is 0 Å². The minimum atomic E-state index is -0.649. The Balaban J connectivity index is 0.000000151. The van der Waals surface area contributed by atoms with Crippen molar-refractivity contribution in [3.63, 3.8) is 0 Å². The van der Waals surface area contributed by atoms with Crippen LogP contribution in [0.3, 0.4) is 0 Å². The fourth-order valence-corrected chi connectivity index (χ4v) is 7.45. The number of rotatable bonds is 11. The van der Waals surface area contributed by atoms with Crippen molar-refractivity contribution in [1.82, 2.24) is 0 Å². The predicted molar refractivity (Wildman–Crippen MR) is 157 cm³/mol. The minimum Gasteiger partial charge on any atom is -0.382 e. The normalized spacial score (nSPS) is 48.6. The van der Waals surface area contributed by atoms with Crippen molar-refractivity contribution in [1.29, 1.82) is 0 Å². The highest BCUT2D eigenvalue weighted by molar-refractivity contribution is 6.12. The molecule has 0 aromatic rings. The highest BCUT2D eigenvalue weighted by Gasteiger charge is 2.66. The van der Waals surface area contributed by atoms with Crippen LogP contribution in [0, 0.1) is 0 Å². The lowest BCUT2D eigenvalue weighted by Crippen LogP contribution is -2.53. The van der Waals surface area contributed by atoms with Crippen LogP contribution in [0.5, 0.6) is 0 Å². The van der Waals surface area contributed by atoms with Gasteiger partial charge in [-0.15, -0.1) is 0 Å². The number of methoxy groups -OCH3 is 7. The lowest BCUT2D eigenvalue weighted by molar-refractivity contribution is -0.196. The summed E-state index contributed by atoms with van der Waals surface area (Å²) in [5.41, 5.74) is -1.72. The third-order valence-corrected chi connectivity index (χ3v) is 9.66. The Bertz CT molecular complexity index is 916. The first-order valence-corrected chi connectivity index (χ1v) is 14.8. The van der Waals surface area contributed by atoms with Crippen LogP contribution >= 0.6 is 0 Å². The molecular formula is C28H47B3O13. The molecule has 15 atom stereocenters. The first kappa shape index (κ1) is 36.5. The van der Waals surface area contributed by atoms with Gasteiger partial charge in [0.1, 0.15) is 83.1 Å². The van der Waals surface area contributed by atoms with E-state index in [-0.39, 0.29) is 54.9 Å². The van der Waals surface area contributed by atoms with Gasteiger partial charge in [-0.2, -0.15) is 0 Å². The van der Waals surface area contributed by atoms with Crippen LogP contribution in [0.15, 0.2) is 0 Å². The monoisotopic (exact) mass is 624 g/mol. The predicted octanol–water partition coefficient (Wildman–Crippen LogP) is -1.28. The van der Waals surface area contributed by atoms with Crippen molar-refractivity contribution in [2.75, 3.05) is 76.2 Å². The summed E-state index contributed by atoms with van der Waals surface area (Å²) >= 11 is 0. The van der Waals surface area contributed by atoms with Crippen molar-refractivity contribution in [3.8, 4) is 0 Å². The van der Waals surface area contributed by atoms with E-state index in [9.17, 15) is 0 Å². The lowest BCUT2D eigenvalue weighted by atomic mass is 9.89. The molecule has 6 heterocycles. The van der Waals surface area contributed by atoms with Crippen molar-refractivity contribution in [2.24, 2.45) is 0 Å². The SMILES string of the molecule is [B][C@@H]1O[C@@]2(C(C)OC)COC1[C@H]2OC.[B][C@@H]1O[C@@]2(COC)C(C)OC1[C@H]2OC.[B][C@@H]1O[C@@]2(COC)C(COC)OC1[C@H]2OC. The standard InChI is InChI=1S/C10H17BO5.2C9H15BO4/c1-12-4-6-10(5-13-2)8(14-3)7(15-6)9(11)16-10;1-5(11-2)9-4-13-6(7(9)12-3)8(10)14-9;1-5-9(4-11-2)7(12-3)6(13-5)8(10)14-9/h6-9H,4-5H2,1-3H3;2*5-8H,4H2,1-3H3/t6?,7?,8-,9-,10+;5?,6?,7-,8-,9-;5?,6?,7-,8-,9+/m111/s1. The second-order valence-electron chi connectivity index (χ2n) is 11.9. The Morgan fingerprint density at radius 1 is 0.682 bits per heavy atom. The van der Waals surface area contributed by atoms with E-state index < -0.39 is 34.8 Å². The molecule has 6 fully saturated rings. The van der Waals surface area contributed by atoms with E-state index in [2.05, 4.69) is 0 Å². The summed E-state index contributed by atoms with van der Waals surface area (Å²) in [6.45, 7) is 5.64. The van der Waals surface area contributed by atoms with Crippen molar-refractivity contribution < 1.29 is 61.6 Å². The first-order valence-electron chi connectivity index (χ1n) is 14.8. The Hall–Kier alpha value is -0.325. The Labute approximate surface area is 265 Å². The van der Waals surface area contributed by atoms with Gasteiger partial charge in [0.05, 0.1) is 38.6 Å². The van der Waals surface area contributed by atoms with Gasteiger partial charge in [-0.3, -0.25) is 0 Å². The molecule has 0 aliphatic carbocycles. The lowest BCUT2D eigenvalue weighted by Gasteiger charge is -2.36. The molecule has 0 amide bonds. The molecule has 6 saturated heterocycles. The van der Waals surface area contributed by atoms with E-state index in [0.29, 0.717) is 26.4 Å². The van der Waals surface area contributed by atoms with E-state index in [1.54, 1.807) is 49.8 Å². The van der Waals surface area contributed by atoms with Gasteiger partial charge in [0.25, 0.3) is 0 Å². The zero-order valence-electron chi connectivity index (χ0n) is 27.3. The fourth-order valence-electron chi connectivity index (χ4n) is 7.45. The van der Waals surface area contributed by atoms with Crippen LogP contribution in [0.2, 0.25) is 0 Å². The number of hydrogen-bond acceptors (Lipinski definition) is 13. The molecule has 0 aromatic heterocycles. The average Bonchev–Trinajstić information content (AvgIpc) is 3.78. The molecule has 6 rings (SSSR count). The molecule has 13 nitrogen and oxygen atoms in total. The summed E-state index contributed by atoms with van der Waals surface area (Å²) in [4.78, 5) is 0. The summed E-state index contributed by atoms with van der Waals surface area (Å²) in [6.07, 6.45) is -1.40. The molecule has 0 saturated carbocycles. The molecule has 6 unspecified atom stereocenters. The van der Waals surface area contributed by atoms with Crippen LogP contribution in [-0.2, 0) is 61.6 Å². The van der Waals surface area contributed by atoms with Gasteiger partial charge in [-0.05, 0) is 13.8 Å². The van der Waals surface area contributed by atoms with Gasteiger partial charge >= 0.3 is 0 Å². The maximum absolute atomic E-state index is 5.84. The summed E-state index contributed by atoms with van der Waals surface area (Å²) < 4.78 is 71.2. The molecular weight excluding hydrogens is 577 g/mol. The Morgan fingerprint density at radius 2 is 1.20 bits per heavy atom. The quantitative estimate of drug-likeness (QED) is 0.255. The van der Waals surface area contributed by atoms with Gasteiger partial charge in [-0.1, -0.05) is 0 Å². The molecule has 6 aliphatic rings. The number of fused-ring (bicyclic) bond motifs is 6. The number of hydrogen-bond donors (Lipinski definition) is 0. The average molecular weight is 624 g/mol. The highest BCUT2D eigenvalue weighted by atomic mass is 16.7. The summed E-state index contributed by atoms with van der Waals surface area (Å²) in [7, 11) is 28.8. The van der Waals surface area contributed by atoms with Gasteiger partial charge in [0, 0.05) is 67.8 Å². The maximum Gasteiger partial charge on any atom is 0.148 e. The molecule has 6 bridgehead atoms. The molecule has 0 spiro atoms. The van der Waals surface area contributed by atoms with Gasteiger partial charge < -0.3 is 61.6 Å². The van der Waals surface area contributed by atoms with Gasteiger partial charge in [0.15, 0.2) is 0 Å². The molecule has 16 heteroatoms. The zero-order chi connectivity index (χ0) is 32.4. The van der Waals surface area contributed by atoms with Crippen molar-refractivity contribution in [3.05, 3.63) is 0 Å². The van der Waals surface area contributed by atoms with E-state index in [1.165, 1.54) is 0 Å². The molecule has 0 N–H and O–H groups in total. The maximum atomic E-state index is 5.84. The summed E-state index contributed by atoms with van der Waals surface area (Å²) in [5.74, 6) is 0. The number of ether oxygens (including phenoxy) is 13. The smallest absolute Gasteiger partial charge is 0.148 e. The van der Waals surface area contributed by atoms with E-state index in [1.807, 2.05) is 13.8 Å². The van der Waals surface area contributed by atoms with Crippen molar-refractivity contribution >= 4 is 23.5 Å². The van der Waals surface area contributed by atoms with Crippen LogP contribution in [-0.4, -0.2) is 189 Å². The molecule has 246 valence electrons. The fraction of sp³-hybridized carbons (Fsp3) is 1.00. The third kappa shape index (κ3) is 5.95. The third-order valence-electron chi connectivity index (χ3n) is 9.66. The molecule has 6 aliphatic heterocycles.